The lowest BCUT2D eigenvalue weighted by atomic mass is 9.96. The minimum atomic E-state index is -3.43. The third-order valence-electron chi connectivity index (χ3n) is 4.33. The van der Waals surface area contributed by atoms with Gasteiger partial charge >= 0.3 is 6.03 Å². The number of hydrogen-bond acceptors (Lipinski definition) is 3. The average Bonchev–Trinajstić information content (AvgIpc) is 2.56. The molecule has 2 amide bonds. The molecule has 0 bridgehead atoms. The second kappa shape index (κ2) is 9.15. The van der Waals surface area contributed by atoms with Crippen LogP contribution in [-0.2, 0) is 16.6 Å². The lowest BCUT2D eigenvalue weighted by Gasteiger charge is -2.24. The van der Waals surface area contributed by atoms with E-state index in [0.717, 1.165) is 31.9 Å². The van der Waals surface area contributed by atoms with Gasteiger partial charge in [-0.3, -0.25) is 0 Å². The molecule has 6 nitrogen and oxygen atoms in total. The van der Waals surface area contributed by atoms with Crippen molar-refractivity contribution in [2.75, 3.05) is 19.3 Å². The zero-order valence-corrected chi connectivity index (χ0v) is 15.3. The molecule has 0 unspecified atom stereocenters. The zero-order valence-electron chi connectivity index (χ0n) is 14.5. The Labute approximate surface area is 148 Å². The van der Waals surface area contributed by atoms with Gasteiger partial charge in [0.25, 0.3) is 0 Å². The van der Waals surface area contributed by atoms with E-state index in [-0.39, 0.29) is 37.5 Å². The first-order valence-electron chi connectivity index (χ1n) is 8.58. The number of amides is 2. The minimum Gasteiger partial charge on any atom is -0.337 e. The smallest absolute Gasteiger partial charge is 0.315 e. The van der Waals surface area contributed by atoms with Gasteiger partial charge in [-0.15, -0.1) is 0 Å². The Morgan fingerprint density at radius 2 is 1.84 bits per heavy atom. The number of benzene rings is 1. The number of urea groups is 1. The van der Waals surface area contributed by atoms with Crippen molar-refractivity contribution in [2.45, 2.75) is 44.7 Å². The highest BCUT2D eigenvalue weighted by atomic mass is 32.2. The molecule has 1 aliphatic carbocycles. The number of nitrogens with one attached hydrogen (secondary N) is 2. The van der Waals surface area contributed by atoms with Crippen molar-refractivity contribution in [1.82, 2.24) is 14.9 Å². The first kappa shape index (κ1) is 19.7. The Kier molecular flexibility index (Phi) is 7.19. The van der Waals surface area contributed by atoms with Crippen LogP contribution in [0.5, 0.6) is 0 Å². The SMILES string of the molecule is CS(=O)(=O)N(CCNC(=O)NC1CCCCC1)Cc1ccc(F)cc1. The summed E-state index contributed by atoms with van der Waals surface area (Å²) in [6, 6.07) is 5.64. The lowest BCUT2D eigenvalue weighted by molar-refractivity contribution is 0.231. The number of nitrogens with zero attached hydrogens (tertiary/aromatic N) is 1. The predicted octanol–water partition coefficient (Wildman–Crippen LogP) is 2.22. The molecule has 0 saturated heterocycles. The summed E-state index contributed by atoms with van der Waals surface area (Å²) in [6.45, 7) is 0.520. The Morgan fingerprint density at radius 1 is 1.20 bits per heavy atom. The molecule has 2 rings (SSSR count). The van der Waals surface area contributed by atoms with Gasteiger partial charge in [-0.2, -0.15) is 4.31 Å². The summed E-state index contributed by atoms with van der Waals surface area (Å²) in [6.07, 6.45) is 6.58. The molecule has 1 aliphatic rings. The van der Waals surface area contributed by atoms with Gasteiger partial charge in [-0.25, -0.2) is 17.6 Å². The quantitative estimate of drug-likeness (QED) is 0.771. The summed E-state index contributed by atoms with van der Waals surface area (Å²) in [7, 11) is -3.43. The standard InChI is InChI=1S/C17H26FN3O3S/c1-25(23,24)21(13-14-7-9-15(18)10-8-14)12-11-19-17(22)20-16-5-3-2-4-6-16/h7-10,16H,2-6,11-13H2,1H3,(H2,19,20,22). The highest BCUT2D eigenvalue weighted by molar-refractivity contribution is 7.88. The van der Waals surface area contributed by atoms with E-state index in [1.807, 2.05) is 0 Å². The number of carbonyl (C=O) groups is 1. The molecule has 25 heavy (non-hydrogen) atoms. The van der Waals surface area contributed by atoms with Crippen molar-refractivity contribution >= 4 is 16.1 Å². The van der Waals surface area contributed by atoms with Gasteiger partial charge in [-0.05, 0) is 30.5 Å². The normalized spacial score (nSPS) is 16.0. The van der Waals surface area contributed by atoms with Crippen LogP contribution in [0, 0.1) is 5.82 Å². The maximum absolute atomic E-state index is 13.0. The van der Waals surface area contributed by atoms with Crippen LogP contribution in [0.15, 0.2) is 24.3 Å². The molecule has 8 heteroatoms. The first-order chi connectivity index (χ1) is 11.8. The largest absolute Gasteiger partial charge is 0.337 e. The number of hydrogen-bond donors (Lipinski definition) is 2. The van der Waals surface area contributed by atoms with Crippen LogP contribution >= 0.6 is 0 Å². The summed E-state index contributed by atoms with van der Waals surface area (Å²) < 4.78 is 38.1. The Balaban J connectivity index is 1.81. The van der Waals surface area contributed by atoms with Crippen LogP contribution in [0.2, 0.25) is 0 Å². The zero-order chi connectivity index (χ0) is 18.3. The van der Waals surface area contributed by atoms with Crippen molar-refractivity contribution in [3.8, 4) is 0 Å². The molecule has 0 radical (unpaired) electrons. The molecule has 1 aromatic rings. The maximum Gasteiger partial charge on any atom is 0.315 e. The van der Waals surface area contributed by atoms with E-state index in [2.05, 4.69) is 10.6 Å². The summed E-state index contributed by atoms with van der Waals surface area (Å²) in [4.78, 5) is 11.9. The predicted molar refractivity (Wildman–Crippen MR) is 95.1 cm³/mol. The van der Waals surface area contributed by atoms with Crippen LogP contribution in [0.3, 0.4) is 0 Å². The molecule has 140 valence electrons. The highest BCUT2D eigenvalue weighted by Gasteiger charge is 2.18. The van der Waals surface area contributed by atoms with Crippen molar-refractivity contribution in [2.24, 2.45) is 0 Å². The van der Waals surface area contributed by atoms with Crippen LogP contribution in [0.1, 0.15) is 37.7 Å². The van der Waals surface area contributed by atoms with Gasteiger partial charge in [0.05, 0.1) is 6.26 Å². The van der Waals surface area contributed by atoms with Gasteiger partial charge in [0.1, 0.15) is 5.82 Å². The van der Waals surface area contributed by atoms with Crippen LogP contribution in [0.25, 0.3) is 0 Å². The fraction of sp³-hybridized carbons (Fsp3) is 0.588. The Morgan fingerprint density at radius 3 is 2.44 bits per heavy atom. The Hall–Kier alpha value is -1.67. The molecule has 0 atom stereocenters. The lowest BCUT2D eigenvalue weighted by Crippen LogP contribution is -2.45. The minimum absolute atomic E-state index is 0.144. The van der Waals surface area contributed by atoms with Crippen LogP contribution < -0.4 is 10.6 Å². The van der Waals surface area contributed by atoms with Gasteiger partial charge in [0.2, 0.25) is 10.0 Å². The Bertz CT molecular complexity index is 658. The van der Waals surface area contributed by atoms with E-state index in [4.69, 9.17) is 0 Å². The molecule has 0 heterocycles. The molecule has 0 aromatic heterocycles. The number of sulfonamides is 1. The molecular weight excluding hydrogens is 345 g/mol. The number of carbonyl (C=O) groups excluding carboxylic acids is 1. The summed E-state index contributed by atoms with van der Waals surface area (Å²) in [5.41, 5.74) is 0.693. The third-order valence-corrected chi connectivity index (χ3v) is 5.58. The van der Waals surface area contributed by atoms with Crippen LogP contribution in [-0.4, -0.2) is 44.1 Å². The molecule has 2 N–H and O–H groups in total. The molecule has 1 fully saturated rings. The molecule has 1 aromatic carbocycles. The van der Waals surface area contributed by atoms with Gasteiger partial charge < -0.3 is 10.6 Å². The van der Waals surface area contributed by atoms with Crippen molar-refractivity contribution in [1.29, 1.82) is 0 Å². The molecular formula is C17H26FN3O3S. The molecule has 0 aliphatic heterocycles. The second-order valence-corrected chi connectivity index (χ2v) is 8.44. The molecule has 1 saturated carbocycles. The monoisotopic (exact) mass is 371 g/mol. The van der Waals surface area contributed by atoms with E-state index in [1.165, 1.54) is 22.9 Å². The van der Waals surface area contributed by atoms with E-state index < -0.39 is 10.0 Å². The highest BCUT2D eigenvalue weighted by Crippen LogP contribution is 2.17. The van der Waals surface area contributed by atoms with Gasteiger partial charge in [0.15, 0.2) is 0 Å². The summed E-state index contributed by atoms with van der Waals surface area (Å²) in [5, 5.41) is 5.64. The van der Waals surface area contributed by atoms with Crippen molar-refractivity contribution < 1.29 is 17.6 Å². The van der Waals surface area contributed by atoms with E-state index in [1.54, 1.807) is 12.1 Å². The van der Waals surface area contributed by atoms with E-state index in [9.17, 15) is 17.6 Å². The van der Waals surface area contributed by atoms with E-state index in [0.29, 0.717) is 5.56 Å². The average molecular weight is 371 g/mol. The van der Waals surface area contributed by atoms with Crippen molar-refractivity contribution in [3.63, 3.8) is 0 Å². The number of halogens is 1. The molecule has 0 spiro atoms. The topological polar surface area (TPSA) is 78.5 Å². The summed E-state index contributed by atoms with van der Waals surface area (Å²) >= 11 is 0. The second-order valence-electron chi connectivity index (χ2n) is 6.46. The van der Waals surface area contributed by atoms with Crippen LogP contribution in [0.4, 0.5) is 9.18 Å². The first-order valence-corrected chi connectivity index (χ1v) is 10.4. The van der Waals surface area contributed by atoms with Gasteiger partial charge in [0, 0.05) is 25.7 Å². The van der Waals surface area contributed by atoms with E-state index >= 15 is 0 Å². The number of rotatable bonds is 7. The fourth-order valence-electron chi connectivity index (χ4n) is 2.93. The van der Waals surface area contributed by atoms with Gasteiger partial charge in [-0.1, -0.05) is 31.4 Å². The summed E-state index contributed by atoms with van der Waals surface area (Å²) in [5.74, 6) is -0.365. The third kappa shape index (κ3) is 6.99. The van der Waals surface area contributed by atoms with Crippen molar-refractivity contribution in [3.05, 3.63) is 35.6 Å². The maximum atomic E-state index is 13.0. The fourth-order valence-corrected chi connectivity index (χ4v) is 3.74.